The lowest BCUT2D eigenvalue weighted by atomic mass is 10.1. The van der Waals surface area contributed by atoms with E-state index in [-0.39, 0.29) is 18.0 Å². The van der Waals surface area contributed by atoms with E-state index in [2.05, 4.69) is 20.5 Å². The van der Waals surface area contributed by atoms with Crippen LogP contribution in [0.1, 0.15) is 23.7 Å². The first kappa shape index (κ1) is 20.3. The predicted octanol–water partition coefficient (Wildman–Crippen LogP) is 2.44. The van der Waals surface area contributed by atoms with Gasteiger partial charge in [-0.05, 0) is 36.8 Å². The Labute approximate surface area is 175 Å². The molecule has 1 amide bonds. The number of hydrogen-bond donors (Lipinski definition) is 1. The number of carbonyl (C=O) groups is 1. The number of amides is 1. The zero-order valence-corrected chi connectivity index (χ0v) is 16.5. The maximum atomic E-state index is 13.6. The summed E-state index contributed by atoms with van der Waals surface area (Å²) in [6.07, 6.45) is 5.21. The molecular formula is C21H18F2N6O2. The van der Waals surface area contributed by atoms with E-state index in [4.69, 9.17) is 0 Å². The Kier molecular flexibility index (Phi) is 5.52. The van der Waals surface area contributed by atoms with Crippen molar-refractivity contribution in [2.75, 3.05) is 0 Å². The molecule has 3 aromatic heterocycles. The highest BCUT2D eigenvalue weighted by atomic mass is 19.2. The molecule has 0 aliphatic heterocycles. The second-order valence-electron chi connectivity index (χ2n) is 6.89. The van der Waals surface area contributed by atoms with Gasteiger partial charge >= 0.3 is 0 Å². The van der Waals surface area contributed by atoms with Crippen LogP contribution < -0.4 is 10.9 Å². The van der Waals surface area contributed by atoms with Crippen molar-refractivity contribution >= 4 is 11.6 Å². The van der Waals surface area contributed by atoms with Gasteiger partial charge in [0.1, 0.15) is 5.56 Å². The van der Waals surface area contributed by atoms with Crippen LogP contribution >= 0.6 is 0 Å². The molecule has 1 aromatic carbocycles. The first-order valence-corrected chi connectivity index (χ1v) is 9.59. The average Bonchev–Trinajstić information content (AvgIpc) is 3.21. The third kappa shape index (κ3) is 4.18. The van der Waals surface area contributed by atoms with E-state index >= 15 is 0 Å². The van der Waals surface area contributed by atoms with Crippen LogP contribution in [0.15, 0.2) is 59.8 Å². The Bertz CT molecular complexity index is 1320. The summed E-state index contributed by atoms with van der Waals surface area (Å²) in [5, 5.41) is 11.2. The quantitative estimate of drug-likeness (QED) is 0.513. The lowest BCUT2D eigenvalue weighted by Gasteiger charge is -2.17. The highest BCUT2D eigenvalue weighted by Crippen LogP contribution is 2.18. The van der Waals surface area contributed by atoms with Gasteiger partial charge in [0, 0.05) is 30.1 Å². The minimum Gasteiger partial charge on any atom is -0.347 e. The first-order valence-electron chi connectivity index (χ1n) is 9.59. The van der Waals surface area contributed by atoms with Crippen LogP contribution in [-0.4, -0.2) is 36.3 Å². The molecule has 4 rings (SSSR count). The van der Waals surface area contributed by atoms with Crippen LogP contribution in [0.2, 0.25) is 0 Å². The standard InChI is InChI=1S/C21H18F2N6O2/c1-2-14(26-21(31)15-11-25-28-9-3-8-24-20(15)28)12-29-19(30)7-6-18(27-29)13-4-5-16(22)17(23)10-13/h3-11,14H,2,12H2,1H3,(H,26,31)/t14-/m0/s1. The Morgan fingerprint density at radius 1 is 1.19 bits per heavy atom. The molecule has 8 nitrogen and oxygen atoms in total. The molecule has 0 unspecified atom stereocenters. The van der Waals surface area contributed by atoms with Crippen molar-refractivity contribution in [3.05, 3.63) is 82.5 Å². The second kappa shape index (κ2) is 8.42. The van der Waals surface area contributed by atoms with Gasteiger partial charge in [-0.2, -0.15) is 10.2 Å². The number of aromatic nitrogens is 5. The molecule has 3 heterocycles. The van der Waals surface area contributed by atoms with Crippen molar-refractivity contribution in [2.24, 2.45) is 0 Å². The molecule has 1 N–H and O–H groups in total. The second-order valence-corrected chi connectivity index (χ2v) is 6.89. The topological polar surface area (TPSA) is 94.2 Å². The van der Waals surface area contributed by atoms with Gasteiger partial charge in [0.2, 0.25) is 0 Å². The molecule has 10 heteroatoms. The van der Waals surface area contributed by atoms with Crippen molar-refractivity contribution in [1.29, 1.82) is 0 Å². The fourth-order valence-corrected chi connectivity index (χ4v) is 3.13. The Morgan fingerprint density at radius 3 is 2.81 bits per heavy atom. The third-order valence-corrected chi connectivity index (χ3v) is 4.83. The van der Waals surface area contributed by atoms with Gasteiger partial charge in [0.25, 0.3) is 11.5 Å². The molecule has 31 heavy (non-hydrogen) atoms. The van der Waals surface area contributed by atoms with E-state index in [1.54, 1.807) is 18.5 Å². The van der Waals surface area contributed by atoms with Gasteiger partial charge < -0.3 is 5.32 Å². The van der Waals surface area contributed by atoms with Crippen molar-refractivity contribution in [1.82, 2.24) is 29.7 Å². The summed E-state index contributed by atoms with van der Waals surface area (Å²) < 4.78 is 29.5. The normalized spacial score (nSPS) is 12.1. The van der Waals surface area contributed by atoms with E-state index in [0.29, 0.717) is 28.9 Å². The fourth-order valence-electron chi connectivity index (χ4n) is 3.13. The Hall–Kier alpha value is -3.95. The Balaban J connectivity index is 1.56. The number of hydrogen-bond acceptors (Lipinski definition) is 5. The van der Waals surface area contributed by atoms with Crippen molar-refractivity contribution in [2.45, 2.75) is 25.9 Å². The summed E-state index contributed by atoms with van der Waals surface area (Å²) in [6, 6.07) is 7.44. The lowest BCUT2D eigenvalue weighted by molar-refractivity contribution is 0.0932. The molecule has 0 bridgehead atoms. The summed E-state index contributed by atoms with van der Waals surface area (Å²) in [4.78, 5) is 29.2. The number of nitrogens with zero attached hydrogens (tertiary/aromatic N) is 5. The lowest BCUT2D eigenvalue weighted by Crippen LogP contribution is -2.40. The molecule has 0 aliphatic rings. The number of rotatable bonds is 6. The largest absolute Gasteiger partial charge is 0.347 e. The van der Waals surface area contributed by atoms with Crippen LogP contribution in [-0.2, 0) is 6.54 Å². The van der Waals surface area contributed by atoms with E-state index in [0.717, 1.165) is 12.1 Å². The van der Waals surface area contributed by atoms with Crippen molar-refractivity contribution in [3.8, 4) is 11.3 Å². The summed E-state index contributed by atoms with van der Waals surface area (Å²) in [7, 11) is 0. The van der Waals surface area contributed by atoms with Crippen LogP contribution in [0.5, 0.6) is 0 Å². The summed E-state index contributed by atoms with van der Waals surface area (Å²) in [5.74, 6) is -2.34. The van der Waals surface area contributed by atoms with Crippen molar-refractivity contribution < 1.29 is 13.6 Å². The zero-order valence-electron chi connectivity index (χ0n) is 16.5. The van der Waals surface area contributed by atoms with E-state index in [9.17, 15) is 18.4 Å². The highest BCUT2D eigenvalue weighted by molar-refractivity contribution is 5.99. The molecule has 0 spiro atoms. The summed E-state index contributed by atoms with van der Waals surface area (Å²) in [5.41, 5.74) is 1.01. The van der Waals surface area contributed by atoms with E-state index in [1.165, 1.54) is 33.6 Å². The zero-order chi connectivity index (χ0) is 22.0. The van der Waals surface area contributed by atoms with Gasteiger partial charge in [0.15, 0.2) is 17.3 Å². The van der Waals surface area contributed by atoms with Crippen LogP contribution in [0.3, 0.4) is 0 Å². The SMILES string of the molecule is CC[C@@H](Cn1nc(-c2ccc(F)c(F)c2)ccc1=O)NC(=O)c1cnn2cccnc12. The van der Waals surface area contributed by atoms with Crippen LogP contribution in [0.25, 0.3) is 16.9 Å². The van der Waals surface area contributed by atoms with Crippen LogP contribution in [0, 0.1) is 11.6 Å². The van der Waals surface area contributed by atoms with E-state index in [1.807, 2.05) is 6.92 Å². The third-order valence-electron chi connectivity index (χ3n) is 4.83. The first-order chi connectivity index (χ1) is 15.0. The molecule has 0 radical (unpaired) electrons. The minimum absolute atomic E-state index is 0.102. The Morgan fingerprint density at radius 2 is 2.03 bits per heavy atom. The minimum atomic E-state index is -1.00. The molecule has 1 atom stereocenters. The van der Waals surface area contributed by atoms with Crippen LogP contribution in [0.4, 0.5) is 8.78 Å². The number of benzene rings is 1. The molecule has 158 valence electrons. The molecule has 0 fully saturated rings. The maximum absolute atomic E-state index is 13.6. The van der Waals surface area contributed by atoms with Gasteiger partial charge in [-0.3, -0.25) is 9.59 Å². The van der Waals surface area contributed by atoms with Gasteiger partial charge in [-0.25, -0.2) is 23.0 Å². The number of fused-ring (bicyclic) bond motifs is 1. The fraction of sp³-hybridized carbons (Fsp3) is 0.190. The number of nitrogens with one attached hydrogen (secondary N) is 1. The predicted molar refractivity (Wildman–Crippen MR) is 108 cm³/mol. The number of halogens is 2. The molecule has 4 aromatic rings. The van der Waals surface area contributed by atoms with E-state index < -0.39 is 17.7 Å². The molecule has 0 saturated carbocycles. The highest BCUT2D eigenvalue weighted by Gasteiger charge is 2.18. The molecule has 0 aliphatic carbocycles. The monoisotopic (exact) mass is 424 g/mol. The van der Waals surface area contributed by atoms with Gasteiger partial charge in [-0.15, -0.1) is 0 Å². The summed E-state index contributed by atoms with van der Waals surface area (Å²) in [6.45, 7) is 1.97. The molecule has 0 saturated heterocycles. The number of carbonyl (C=O) groups excluding carboxylic acids is 1. The average molecular weight is 424 g/mol. The van der Waals surface area contributed by atoms with Gasteiger partial charge in [0.05, 0.1) is 18.4 Å². The van der Waals surface area contributed by atoms with Crippen molar-refractivity contribution in [3.63, 3.8) is 0 Å². The smallest absolute Gasteiger partial charge is 0.266 e. The summed E-state index contributed by atoms with van der Waals surface area (Å²) >= 11 is 0. The van der Waals surface area contributed by atoms with Gasteiger partial charge in [-0.1, -0.05) is 6.92 Å². The maximum Gasteiger partial charge on any atom is 0.266 e. The molecular weight excluding hydrogens is 406 g/mol.